The Balaban J connectivity index is 1.80. The maximum Gasteiger partial charge on any atom is 0.459 e. The van der Waals surface area contributed by atoms with E-state index >= 15 is 4.39 Å². The van der Waals surface area contributed by atoms with Crippen molar-refractivity contribution < 1.29 is 37.4 Å². The number of esters is 1. The number of aliphatic hydroxyl groups is 1. The predicted molar refractivity (Wildman–Crippen MR) is 130 cm³/mol. The first-order chi connectivity index (χ1) is 16.8. The van der Waals surface area contributed by atoms with Crippen LogP contribution < -0.4 is 15.3 Å². The molecule has 198 valence electrons. The molecule has 3 N–H and O–H groups in total. The van der Waals surface area contributed by atoms with Crippen molar-refractivity contribution in [1.29, 1.82) is 0 Å². The first-order valence-corrected chi connectivity index (χ1v) is 13.1. The van der Waals surface area contributed by atoms with Gasteiger partial charge in [0.15, 0.2) is 11.9 Å². The number of carbonyl (C=O) groups is 1. The Morgan fingerprint density at radius 1 is 1.33 bits per heavy atom. The normalized spacial score (nSPS) is 26.4. The van der Waals surface area contributed by atoms with Crippen LogP contribution in [0.1, 0.15) is 33.9 Å². The van der Waals surface area contributed by atoms with E-state index in [1.807, 2.05) is 0 Å². The van der Waals surface area contributed by atoms with Gasteiger partial charge >= 0.3 is 19.4 Å². The predicted octanol–water partition coefficient (Wildman–Crippen LogP) is 3.03. The number of rotatable bonds is 10. The number of benzene rings is 1. The van der Waals surface area contributed by atoms with Crippen LogP contribution in [0.15, 0.2) is 47.4 Å². The van der Waals surface area contributed by atoms with Crippen molar-refractivity contribution in [3.63, 3.8) is 0 Å². The Bertz CT molecular complexity index is 1220. The van der Waals surface area contributed by atoms with Gasteiger partial charge in [0.2, 0.25) is 0 Å². The summed E-state index contributed by atoms with van der Waals surface area (Å²) in [5, 5.41) is 13.1. The lowest BCUT2D eigenvalue weighted by Crippen LogP contribution is -2.43. The zero-order valence-electron chi connectivity index (χ0n) is 20.1. The largest absolute Gasteiger partial charge is 0.462 e. The van der Waals surface area contributed by atoms with E-state index in [-0.39, 0.29) is 10.4 Å². The van der Waals surface area contributed by atoms with Crippen molar-refractivity contribution in [2.45, 2.75) is 63.9 Å². The van der Waals surface area contributed by atoms with Gasteiger partial charge < -0.3 is 19.1 Å². The molecular formula is C22H29FN3O8PS. The molecule has 6 atom stereocenters. The Kier molecular flexibility index (Phi) is 8.86. The fourth-order valence-electron chi connectivity index (χ4n) is 3.47. The highest BCUT2D eigenvalue weighted by molar-refractivity contribution is 7.71. The average molecular weight is 546 g/mol. The van der Waals surface area contributed by atoms with Crippen LogP contribution in [-0.4, -0.2) is 57.3 Å². The summed E-state index contributed by atoms with van der Waals surface area (Å²) in [7, 11) is -4.28. The summed E-state index contributed by atoms with van der Waals surface area (Å²) in [5.41, 5.74) is -3.15. The summed E-state index contributed by atoms with van der Waals surface area (Å²) in [6.45, 7) is 5.21. The summed E-state index contributed by atoms with van der Waals surface area (Å²) in [4.78, 5) is 26.9. The van der Waals surface area contributed by atoms with Crippen LogP contribution in [0.4, 0.5) is 4.39 Å². The van der Waals surface area contributed by atoms with Crippen molar-refractivity contribution in [2.75, 3.05) is 6.61 Å². The summed E-state index contributed by atoms with van der Waals surface area (Å²) in [5.74, 6) is -0.523. The molecule has 1 aliphatic rings. The molecule has 0 aliphatic carbocycles. The molecule has 0 saturated carbocycles. The molecule has 2 aromatic rings. The van der Waals surface area contributed by atoms with Crippen LogP contribution >= 0.6 is 20.0 Å². The van der Waals surface area contributed by atoms with Crippen molar-refractivity contribution >= 4 is 25.9 Å². The van der Waals surface area contributed by atoms with E-state index in [4.69, 9.17) is 30.7 Å². The number of carbonyl (C=O) groups excluding carboxylic acids is 1. The maximum absolute atomic E-state index is 15.5. The Labute approximate surface area is 212 Å². The molecule has 1 aromatic carbocycles. The number of ether oxygens (including phenoxy) is 2. The summed E-state index contributed by atoms with van der Waals surface area (Å²) in [6.07, 6.45) is -3.79. The molecule has 3 rings (SSSR count). The van der Waals surface area contributed by atoms with Gasteiger partial charge in [-0.3, -0.25) is 18.9 Å². The van der Waals surface area contributed by atoms with Gasteiger partial charge in [0.25, 0.3) is 0 Å². The maximum atomic E-state index is 15.5. The van der Waals surface area contributed by atoms with Crippen LogP contribution in [0, 0.1) is 4.64 Å². The van der Waals surface area contributed by atoms with E-state index in [0.29, 0.717) is 0 Å². The number of halogens is 1. The average Bonchev–Trinajstić information content (AvgIpc) is 3.01. The minimum Gasteiger partial charge on any atom is -0.462 e. The molecule has 1 aliphatic heterocycles. The first kappa shape index (κ1) is 28.2. The Morgan fingerprint density at radius 2 is 2.00 bits per heavy atom. The fraction of sp³-hybridized carbons (Fsp3) is 0.500. The zero-order chi connectivity index (χ0) is 26.7. The summed E-state index contributed by atoms with van der Waals surface area (Å²) in [6, 6.07) is 8.32. The monoisotopic (exact) mass is 545 g/mol. The smallest absolute Gasteiger partial charge is 0.459 e. The zero-order valence-corrected chi connectivity index (χ0v) is 21.8. The van der Waals surface area contributed by atoms with Gasteiger partial charge in [0, 0.05) is 6.20 Å². The molecule has 14 heteroatoms. The van der Waals surface area contributed by atoms with E-state index in [0.717, 1.165) is 11.5 Å². The minimum atomic E-state index is -4.28. The molecule has 1 aromatic heterocycles. The van der Waals surface area contributed by atoms with Crippen LogP contribution in [0.2, 0.25) is 0 Å². The topological polar surface area (TPSA) is 141 Å². The van der Waals surface area contributed by atoms with E-state index in [9.17, 15) is 19.3 Å². The quantitative estimate of drug-likeness (QED) is 0.232. The van der Waals surface area contributed by atoms with Gasteiger partial charge in [-0.15, -0.1) is 0 Å². The molecule has 0 spiro atoms. The molecule has 0 radical (unpaired) electrons. The third-order valence-electron chi connectivity index (χ3n) is 5.26. The number of nitrogens with zero attached hydrogens (tertiary/aromatic N) is 1. The van der Waals surface area contributed by atoms with E-state index in [1.165, 1.54) is 31.3 Å². The molecule has 36 heavy (non-hydrogen) atoms. The Hall–Kier alpha value is -2.41. The molecular weight excluding hydrogens is 516 g/mol. The third-order valence-corrected chi connectivity index (χ3v) is 7.14. The third kappa shape index (κ3) is 6.67. The summed E-state index contributed by atoms with van der Waals surface area (Å²) < 4.78 is 51.9. The molecule has 11 nitrogen and oxygen atoms in total. The van der Waals surface area contributed by atoms with Gasteiger partial charge in [-0.05, 0) is 45.9 Å². The highest BCUT2D eigenvalue weighted by atomic mass is 32.1. The molecule has 2 heterocycles. The number of hydrogen-bond donors (Lipinski definition) is 3. The van der Waals surface area contributed by atoms with E-state index in [1.54, 1.807) is 32.0 Å². The molecule has 0 bridgehead atoms. The second kappa shape index (κ2) is 11.3. The highest BCUT2D eigenvalue weighted by Gasteiger charge is 2.55. The van der Waals surface area contributed by atoms with Crippen LogP contribution in [0.5, 0.6) is 5.75 Å². The van der Waals surface area contributed by atoms with Gasteiger partial charge in [-0.1, -0.05) is 30.4 Å². The highest BCUT2D eigenvalue weighted by Crippen LogP contribution is 2.47. The molecule has 0 amide bonds. The van der Waals surface area contributed by atoms with E-state index in [2.05, 4.69) is 10.1 Å². The first-order valence-electron chi connectivity index (χ1n) is 11.1. The van der Waals surface area contributed by atoms with Gasteiger partial charge in [0.05, 0.1) is 12.7 Å². The van der Waals surface area contributed by atoms with Crippen molar-refractivity contribution in [2.24, 2.45) is 0 Å². The van der Waals surface area contributed by atoms with Gasteiger partial charge in [-0.25, -0.2) is 13.8 Å². The lowest BCUT2D eigenvalue weighted by Gasteiger charge is -2.25. The molecule has 1 saturated heterocycles. The van der Waals surface area contributed by atoms with Crippen LogP contribution in [0.3, 0.4) is 0 Å². The number of aromatic nitrogens is 2. The van der Waals surface area contributed by atoms with Crippen LogP contribution in [-0.2, 0) is 23.4 Å². The number of para-hydroxylation sites is 1. The Morgan fingerprint density at radius 3 is 2.61 bits per heavy atom. The van der Waals surface area contributed by atoms with Gasteiger partial charge in [0.1, 0.15) is 28.6 Å². The van der Waals surface area contributed by atoms with E-state index < -0.39 is 62.3 Å². The van der Waals surface area contributed by atoms with Crippen molar-refractivity contribution in [3.8, 4) is 5.75 Å². The van der Waals surface area contributed by atoms with Crippen molar-refractivity contribution in [3.05, 3.63) is 57.7 Å². The number of nitrogens with one attached hydrogen (secondary N) is 2. The van der Waals surface area contributed by atoms with Gasteiger partial charge in [-0.2, -0.15) is 5.09 Å². The lowest BCUT2D eigenvalue weighted by atomic mass is 9.98. The minimum absolute atomic E-state index is 0.144. The van der Waals surface area contributed by atoms with Crippen LogP contribution in [0.25, 0.3) is 0 Å². The second-order valence-corrected chi connectivity index (χ2v) is 10.8. The molecule has 2 unspecified atom stereocenters. The number of H-pyrrole nitrogens is 1. The second-order valence-electron chi connectivity index (χ2n) is 8.67. The summed E-state index contributed by atoms with van der Waals surface area (Å²) >= 11 is 4.89. The number of aliphatic hydroxyl groups excluding tert-OH is 1. The van der Waals surface area contributed by atoms with Crippen molar-refractivity contribution in [1.82, 2.24) is 14.6 Å². The number of alkyl halides is 1. The number of aromatic amines is 1. The number of hydrogen-bond acceptors (Lipinski definition) is 9. The standard InChI is InChI=1S/C22H29FN3O8PS/c1-13(2)32-19(28)14(3)25-35(30,34-15-8-6-5-7-9-15)31-12-16-18(27)22(4,23)20(33-16)26-11-10-17(36)24-21(26)29/h5-11,13-14,16,18,20,27H,12H2,1-4H3,(H,25,30)(H,24,29,36)/t14-,16+,18?,20+,22+,35?/m0/s1. The molecule has 1 fully saturated rings. The SMILES string of the molecule is CC(C)OC(=O)[C@H](C)NP(=O)(OC[C@H]1O[C@@H](n2ccc(=S)[nH]c2=O)[C@](C)(F)C1O)Oc1ccccc1. The fourth-order valence-corrected chi connectivity index (χ4v) is 5.12. The lowest BCUT2D eigenvalue weighted by molar-refractivity contribution is -0.149.